The van der Waals surface area contributed by atoms with E-state index >= 15 is 0 Å². The van der Waals surface area contributed by atoms with Gasteiger partial charge in [0.1, 0.15) is 17.6 Å². The molecule has 3 aromatic carbocycles. The lowest BCUT2D eigenvalue weighted by atomic mass is 10.0. The number of hydrogen-bond donors (Lipinski definition) is 3. The van der Waals surface area contributed by atoms with Crippen LogP contribution >= 0.6 is 12.4 Å². The molecule has 0 spiro atoms. The molecule has 1 heterocycles. The number of amides is 1. The number of carbonyl (C=O) groups is 2. The third-order valence-electron chi connectivity index (χ3n) is 5.58. The van der Waals surface area contributed by atoms with Crippen LogP contribution in [0.1, 0.15) is 33.6 Å². The highest BCUT2D eigenvalue weighted by molar-refractivity contribution is 6.09. The standard InChI is InChI=1S/C26H26N2O5.ClH/c1-32-26(31)21-9-7-18(17-5-3-2-4-6-17)15-23(21)28-25(30)22-10-8-20(16-24(22)29)33-19-11-13-27-14-12-19;/h2-10,15-16,19,27,29H,11-14H2,1H3,(H,28,30);1H. The van der Waals surface area contributed by atoms with Gasteiger partial charge in [0, 0.05) is 6.07 Å². The number of anilines is 1. The molecule has 0 aliphatic carbocycles. The summed E-state index contributed by atoms with van der Waals surface area (Å²) in [7, 11) is 1.28. The normalized spacial score (nSPS) is 13.4. The van der Waals surface area contributed by atoms with Gasteiger partial charge in [0.05, 0.1) is 23.9 Å². The van der Waals surface area contributed by atoms with Gasteiger partial charge in [0.25, 0.3) is 5.91 Å². The molecular weight excluding hydrogens is 456 g/mol. The summed E-state index contributed by atoms with van der Waals surface area (Å²) in [5, 5.41) is 16.5. The first-order valence-electron chi connectivity index (χ1n) is 10.8. The van der Waals surface area contributed by atoms with Crippen molar-refractivity contribution in [1.29, 1.82) is 0 Å². The lowest BCUT2D eigenvalue weighted by molar-refractivity contribution is 0.0602. The number of esters is 1. The Morgan fingerprint density at radius 1 is 0.941 bits per heavy atom. The fraction of sp³-hybridized carbons (Fsp3) is 0.231. The van der Waals surface area contributed by atoms with E-state index in [9.17, 15) is 14.7 Å². The zero-order valence-electron chi connectivity index (χ0n) is 18.7. The Labute approximate surface area is 204 Å². The lowest BCUT2D eigenvalue weighted by Crippen LogP contribution is -2.34. The van der Waals surface area contributed by atoms with Crippen LogP contribution in [0.5, 0.6) is 11.5 Å². The summed E-state index contributed by atoms with van der Waals surface area (Å²) >= 11 is 0. The van der Waals surface area contributed by atoms with Crippen molar-refractivity contribution in [3.63, 3.8) is 0 Å². The van der Waals surface area contributed by atoms with Gasteiger partial charge in [-0.1, -0.05) is 36.4 Å². The van der Waals surface area contributed by atoms with Crippen molar-refractivity contribution < 1.29 is 24.2 Å². The molecule has 1 fully saturated rings. The number of phenolic OH excluding ortho intramolecular Hbond substituents is 1. The van der Waals surface area contributed by atoms with Crippen LogP contribution in [0.15, 0.2) is 66.7 Å². The summed E-state index contributed by atoms with van der Waals surface area (Å²) in [5.74, 6) is -0.800. The molecule has 0 bridgehead atoms. The Morgan fingerprint density at radius 2 is 1.65 bits per heavy atom. The number of nitrogens with one attached hydrogen (secondary N) is 2. The zero-order chi connectivity index (χ0) is 23.2. The summed E-state index contributed by atoms with van der Waals surface area (Å²) in [6.45, 7) is 1.78. The average Bonchev–Trinajstić information content (AvgIpc) is 2.84. The molecule has 34 heavy (non-hydrogen) atoms. The van der Waals surface area contributed by atoms with E-state index in [4.69, 9.17) is 9.47 Å². The molecule has 0 unspecified atom stereocenters. The molecule has 1 aliphatic rings. The Balaban J connectivity index is 0.00000324. The van der Waals surface area contributed by atoms with E-state index in [1.165, 1.54) is 19.2 Å². The van der Waals surface area contributed by atoms with Crippen LogP contribution in [-0.4, -0.2) is 43.3 Å². The molecule has 1 amide bonds. The molecule has 0 atom stereocenters. The maximum atomic E-state index is 13.0. The molecule has 0 saturated carbocycles. The van der Waals surface area contributed by atoms with E-state index in [1.54, 1.807) is 24.3 Å². The second-order valence-corrected chi connectivity index (χ2v) is 7.82. The number of halogens is 1. The lowest BCUT2D eigenvalue weighted by Gasteiger charge is -2.24. The number of ether oxygens (including phenoxy) is 2. The maximum absolute atomic E-state index is 13.0. The molecule has 0 radical (unpaired) electrons. The van der Waals surface area contributed by atoms with E-state index in [0.717, 1.165) is 37.1 Å². The summed E-state index contributed by atoms with van der Waals surface area (Å²) in [6, 6.07) is 19.3. The van der Waals surface area contributed by atoms with Crippen molar-refractivity contribution in [3.8, 4) is 22.6 Å². The third-order valence-corrected chi connectivity index (χ3v) is 5.58. The van der Waals surface area contributed by atoms with Gasteiger partial charge in [-0.15, -0.1) is 12.4 Å². The quantitative estimate of drug-likeness (QED) is 0.442. The predicted octanol–water partition coefficient (Wildman–Crippen LogP) is 4.65. The molecular formula is C26H27ClN2O5. The summed E-state index contributed by atoms with van der Waals surface area (Å²) in [6.07, 6.45) is 1.85. The van der Waals surface area contributed by atoms with Gasteiger partial charge >= 0.3 is 5.97 Å². The van der Waals surface area contributed by atoms with Gasteiger partial charge in [-0.2, -0.15) is 0 Å². The van der Waals surface area contributed by atoms with Gasteiger partial charge in [-0.05, 0) is 61.3 Å². The molecule has 1 aliphatic heterocycles. The number of carbonyl (C=O) groups excluding carboxylic acids is 2. The average molecular weight is 483 g/mol. The largest absolute Gasteiger partial charge is 0.507 e. The van der Waals surface area contributed by atoms with E-state index in [0.29, 0.717) is 11.4 Å². The Kier molecular flexibility index (Phi) is 8.51. The summed E-state index contributed by atoms with van der Waals surface area (Å²) < 4.78 is 10.8. The van der Waals surface area contributed by atoms with Crippen LogP contribution in [0.3, 0.4) is 0 Å². The highest BCUT2D eigenvalue weighted by Gasteiger charge is 2.20. The van der Waals surface area contributed by atoms with Crippen molar-refractivity contribution in [2.45, 2.75) is 18.9 Å². The van der Waals surface area contributed by atoms with Crippen molar-refractivity contribution in [2.24, 2.45) is 0 Å². The van der Waals surface area contributed by atoms with Gasteiger partial charge in [-0.25, -0.2) is 4.79 Å². The van der Waals surface area contributed by atoms with Gasteiger partial charge in [-0.3, -0.25) is 4.79 Å². The molecule has 178 valence electrons. The molecule has 4 rings (SSSR count). The second kappa shape index (κ2) is 11.5. The number of methoxy groups -OCH3 is 1. The van der Waals surface area contributed by atoms with Gasteiger partial charge < -0.3 is 25.2 Å². The number of hydrogen-bond acceptors (Lipinski definition) is 6. The molecule has 7 nitrogen and oxygen atoms in total. The second-order valence-electron chi connectivity index (χ2n) is 7.82. The predicted molar refractivity (Wildman–Crippen MR) is 133 cm³/mol. The van der Waals surface area contributed by atoms with Crippen molar-refractivity contribution >= 4 is 30.0 Å². The Hall–Kier alpha value is -3.55. The molecule has 0 aromatic heterocycles. The molecule has 3 N–H and O–H groups in total. The molecule has 1 saturated heterocycles. The van der Waals surface area contributed by atoms with Gasteiger partial charge in [0.15, 0.2) is 0 Å². The fourth-order valence-corrected chi connectivity index (χ4v) is 3.82. The fourth-order valence-electron chi connectivity index (χ4n) is 3.82. The monoisotopic (exact) mass is 482 g/mol. The Morgan fingerprint density at radius 3 is 2.32 bits per heavy atom. The number of piperidine rings is 1. The topological polar surface area (TPSA) is 96.9 Å². The molecule has 8 heteroatoms. The first-order valence-corrected chi connectivity index (χ1v) is 10.8. The van der Waals surface area contributed by atoms with Crippen LogP contribution in [0.2, 0.25) is 0 Å². The maximum Gasteiger partial charge on any atom is 0.339 e. The first-order chi connectivity index (χ1) is 16.0. The minimum Gasteiger partial charge on any atom is -0.507 e. The zero-order valence-corrected chi connectivity index (χ0v) is 19.6. The number of benzene rings is 3. The highest BCUT2D eigenvalue weighted by Crippen LogP contribution is 2.29. The van der Waals surface area contributed by atoms with E-state index in [-0.39, 0.29) is 35.4 Å². The van der Waals surface area contributed by atoms with Crippen LogP contribution in [0, 0.1) is 0 Å². The van der Waals surface area contributed by atoms with Crippen LogP contribution < -0.4 is 15.4 Å². The smallest absolute Gasteiger partial charge is 0.339 e. The van der Waals surface area contributed by atoms with Crippen LogP contribution in [0.25, 0.3) is 11.1 Å². The summed E-state index contributed by atoms with van der Waals surface area (Å²) in [5.41, 5.74) is 2.35. The number of phenols is 1. The minimum atomic E-state index is -0.570. The van der Waals surface area contributed by atoms with E-state index in [1.807, 2.05) is 30.3 Å². The number of aromatic hydroxyl groups is 1. The van der Waals surface area contributed by atoms with E-state index < -0.39 is 11.9 Å². The summed E-state index contributed by atoms with van der Waals surface area (Å²) in [4.78, 5) is 25.2. The van der Waals surface area contributed by atoms with Crippen LogP contribution in [-0.2, 0) is 4.74 Å². The first kappa shape index (κ1) is 25.1. The molecule has 3 aromatic rings. The van der Waals surface area contributed by atoms with Crippen molar-refractivity contribution in [1.82, 2.24) is 5.32 Å². The van der Waals surface area contributed by atoms with Gasteiger partial charge in [0.2, 0.25) is 0 Å². The van der Waals surface area contributed by atoms with Crippen molar-refractivity contribution in [3.05, 3.63) is 77.9 Å². The Bertz CT molecular complexity index is 1150. The van der Waals surface area contributed by atoms with Crippen molar-refractivity contribution in [2.75, 3.05) is 25.5 Å². The highest BCUT2D eigenvalue weighted by atomic mass is 35.5. The SMILES string of the molecule is COC(=O)c1ccc(-c2ccccc2)cc1NC(=O)c1ccc(OC2CCNCC2)cc1O.Cl. The minimum absolute atomic E-state index is 0. The van der Waals surface area contributed by atoms with Crippen LogP contribution in [0.4, 0.5) is 5.69 Å². The van der Waals surface area contributed by atoms with E-state index in [2.05, 4.69) is 10.6 Å². The number of rotatable bonds is 6. The third kappa shape index (κ3) is 5.87.